The molecule has 5 aliphatic rings. The van der Waals surface area contributed by atoms with Crippen LogP contribution in [0.2, 0.25) is 0 Å². The number of rotatable bonds is 1. The number of esters is 1. The zero-order valence-corrected chi connectivity index (χ0v) is 16.3. The molecule has 1 aliphatic heterocycles. The first-order valence-electron chi connectivity index (χ1n) is 10.8. The topological polar surface area (TPSA) is 43.4 Å². The minimum absolute atomic E-state index is 0.138. The van der Waals surface area contributed by atoms with Crippen LogP contribution in [0.3, 0.4) is 0 Å². The molecular weight excluding hydrogens is 324 g/mol. The van der Waals surface area contributed by atoms with Crippen molar-refractivity contribution < 1.29 is 14.3 Å². The Morgan fingerprint density at radius 1 is 0.962 bits per heavy atom. The summed E-state index contributed by atoms with van der Waals surface area (Å²) in [5.41, 5.74) is 2.00. The third-order valence-electron chi connectivity index (χ3n) is 9.61. The highest BCUT2D eigenvalue weighted by Crippen LogP contribution is 2.68. The largest absolute Gasteiger partial charge is 0.458 e. The minimum Gasteiger partial charge on any atom is -0.458 e. The SMILES string of the molecule is C[C@]12CC[C@H]3[C@@H](CCC4CC(=O)CC[C@@]43C)[C@@H]1CC[C@@H]2C1=CC(=O)OC1. The number of carbonyl (C=O) groups excluding carboxylic acids is 2. The number of cyclic esters (lactones) is 1. The second-order valence-electron chi connectivity index (χ2n) is 10.4. The molecule has 0 saturated heterocycles. The molecule has 0 radical (unpaired) electrons. The highest BCUT2D eigenvalue weighted by Gasteiger charge is 2.60. The highest BCUT2D eigenvalue weighted by atomic mass is 16.5. The molecule has 0 aromatic carbocycles. The fraction of sp³-hybridized carbons (Fsp3) is 0.826. The van der Waals surface area contributed by atoms with Crippen LogP contribution in [0.5, 0.6) is 0 Å². The Bertz CT molecular complexity index is 679. The average molecular weight is 357 g/mol. The van der Waals surface area contributed by atoms with Gasteiger partial charge in [0.15, 0.2) is 0 Å². The summed E-state index contributed by atoms with van der Waals surface area (Å²) in [6.45, 7) is 5.55. The Morgan fingerprint density at radius 3 is 2.54 bits per heavy atom. The fourth-order valence-electron chi connectivity index (χ4n) is 8.24. The molecular formula is C23H32O3. The summed E-state index contributed by atoms with van der Waals surface area (Å²) in [7, 11) is 0. The first kappa shape index (κ1) is 17.0. The van der Waals surface area contributed by atoms with Gasteiger partial charge in [-0.3, -0.25) is 4.79 Å². The van der Waals surface area contributed by atoms with Gasteiger partial charge in [-0.25, -0.2) is 4.79 Å². The number of hydrogen-bond acceptors (Lipinski definition) is 3. The van der Waals surface area contributed by atoms with Gasteiger partial charge >= 0.3 is 5.97 Å². The van der Waals surface area contributed by atoms with Crippen LogP contribution >= 0.6 is 0 Å². The van der Waals surface area contributed by atoms with E-state index in [-0.39, 0.29) is 5.97 Å². The van der Waals surface area contributed by atoms with Crippen molar-refractivity contribution >= 4 is 11.8 Å². The summed E-state index contributed by atoms with van der Waals surface area (Å²) in [4.78, 5) is 23.6. The van der Waals surface area contributed by atoms with E-state index in [1.165, 1.54) is 44.1 Å². The quantitative estimate of drug-likeness (QED) is 0.640. The molecule has 0 aromatic rings. The van der Waals surface area contributed by atoms with E-state index in [2.05, 4.69) is 13.8 Å². The van der Waals surface area contributed by atoms with E-state index in [9.17, 15) is 9.59 Å². The second kappa shape index (κ2) is 5.69. The molecule has 142 valence electrons. The van der Waals surface area contributed by atoms with Gasteiger partial charge in [-0.05, 0) is 90.9 Å². The average Bonchev–Trinajstić information content (AvgIpc) is 3.18. The van der Waals surface area contributed by atoms with Gasteiger partial charge < -0.3 is 4.74 Å². The molecule has 0 aromatic heterocycles. The lowest BCUT2D eigenvalue weighted by atomic mass is 9.44. The van der Waals surface area contributed by atoms with Crippen LogP contribution in [0.15, 0.2) is 11.6 Å². The molecule has 26 heavy (non-hydrogen) atoms. The van der Waals surface area contributed by atoms with Crippen molar-refractivity contribution in [2.24, 2.45) is 40.4 Å². The van der Waals surface area contributed by atoms with E-state index in [1.54, 1.807) is 6.08 Å². The van der Waals surface area contributed by atoms with Crippen molar-refractivity contribution in [3.8, 4) is 0 Å². The third-order valence-corrected chi connectivity index (χ3v) is 9.61. The van der Waals surface area contributed by atoms with E-state index in [4.69, 9.17) is 4.74 Å². The Balaban J connectivity index is 1.42. The number of fused-ring (bicyclic) bond motifs is 5. The molecule has 1 heterocycles. The zero-order valence-electron chi connectivity index (χ0n) is 16.3. The maximum atomic E-state index is 12.0. The Morgan fingerprint density at radius 2 is 1.77 bits per heavy atom. The van der Waals surface area contributed by atoms with Gasteiger partial charge in [0.1, 0.15) is 12.4 Å². The number of Topliss-reactive ketones (excluding diaryl/α,β-unsaturated/α-hetero) is 1. The van der Waals surface area contributed by atoms with Crippen molar-refractivity contribution in [2.45, 2.75) is 71.6 Å². The molecule has 3 heteroatoms. The lowest BCUT2D eigenvalue weighted by Gasteiger charge is -2.60. The van der Waals surface area contributed by atoms with Crippen LogP contribution in [0.4, 0.5) is 0 Å². The molecule has 0 amide bonds. The standard InChI is InChI=1S/C23H32O3/c1-22-9-7-16(24)12-15(22)3-4-17-19-6-5-18(14-11-21(25)26-13-14)23(19,2)10-8-20(17)22/h11,15,17-20H,3-10,12-13H2,1-2H3/t15?,17-,18+,19-,20-,22-,23+/m0/s1. The summed E-state index contributed by atoms with van der Waals surface area (Å²) in [5, 5.41) is 0. The van der Waals surface area contributed by atoms with Gasteiger partial charge in [0, 0.05) is 18.9 Å². The predicted molar refractivity (Wildman–Crippen MR) is 99.3 cm³/mol. The summed E-state index contributed by atoms with van der Waals surface area (Å²) >= 11 is 0. The van der Waals surface area contributed by atoms with Gasteiger partial charge in [0.2, 0.25) is 0 Å². The molecule has 4 fully saturated rings. The monoisotopic (exact) mass is 356 g/mol. The maximum absolute atomic E-state index is 12.0. The van der Waals surface area contributed by atoms with E-state index in [0.717, 1.165) is 37.0 Å². The normalized spacial score (nSPS) is 50.5. The minimum atomic E-state index is -0.138. The van der Waals surface area contributed by atoms with Gasteiger partial charge in [0.05, 0.1) is 0 Å². The second-order valence-corrected chi connectivity index (χ2v) is 10.4. The molecule has 1 unspecified atom stereocenters. The van der Waals surface area contributed by atoms with Gasteiger partial charge in [0.25, 0.3) is 0 Å². The van der Waals surface area contributed by atoms with Crippen LogP contribution in [0.1, 0.15) is 71.6 Å². The van der Waals surface area contributed by atoms with Crippen LogP contribution in [-0.2, 0) is 14.3 Å². The van der Waals surface area contributed by atoms with Crippen LogP contribution < -0.4 is 0 Å². The van der Waals surface area contributed by atoms with Gasteiger partial charge in [-0.2, -0.15) is 0 Å². The molecule has 0 bridgehead atoms. The Hall–Kier alpha value is -1.12. The van der Waals surface area contributed by atoms with Crippen molar-refractivity contribution in [2.75, 3.05) is 6.61 Å². The van der Waals surface area contributed by atoms with Crippen molar-refractivity contribution in [1.29, 1.82) is 0 Å². The lowest BCUT2D eigenvalue weighted by molar-refractivity contribution is -0.139. The summed E-state index contributed by atoms with van der Waals surface area (Å²) in [6, 6.07) is 0. The smallest absolute Gasteiger partial charge is 0.331 e. The first-order valence-corrected chi connectivity index (χ1v) is 10.8. The Labute approximate surface area is 156 Å². The van der Waals surface area contributed by atoms with Gasteiger partial charge in [-0.1, -0.05) is 13.8 Å². The van der Waals surface area contributed by atoms with Gasteiger partial charge in [-0.15, -0.1) is 0 Å². The van der Waals surface area contributed by atoms with E-state index >= 15 is 0 Å². The van der Waals surface area contributed by atoms with Crippen LogP contribution in [0.25, 0.3) is 0 Å². The molecule has 0 N–H and O–H groups in total. The number of hydrogen-bond donors (Lipinski definition) is 0. The molecule has 4 saturated carbocycles. The fourth-order valence-corrected chi connectivity index (χ4v) is 8.24. The molecule has 4 aliphatic carbocycles. The van der Waals surface area contributed by atoms with Crippen LogP contribution in [-0.4, -0.2) is 18.4 Å². The number of carbonyl (C=O) groups is 2. The van der Waals surface area contributed by atoms with E-state index < -0.39 is 0 Å². The van der Waals surface area contributed by atoms with Crippen molar-refractivity contribution in [3.05, 3.63) is 11.6 Å². The molecule has 0 spiro atoms. The third kappa shape index (κ3) is 2.24. The number of ether oxygens (including phenoxy) is 1. The van der Waals surface area contributed by atoms with Crippen molar-refractivity contribution in [1.82, 2.24) is 0 Å². The lowest BCUT2D eigenvalue weighted by Crippen LogP contribution is -2.53. The van der Waals surface area contributed by atoms with Crippen molar-refractivity contribution in [3.63, 3.8) is 0 Å². The Kier molecular flexibility index (Phi) is 3.72. The molecule has 3 nitrogen and oxygen atoms in total. The highest BCUT2D eigenvalue weighted by molar-refractivity contribution is 5.85. The first-order chi connectivity index (χ1) is 12.4. The van der Waals surface area contributed by atoms with Crippen LogP contribution in [0, 0.1) is 40.4 Å². The predicted octanol–water partition coefficient (Wildman–Crippen LogP) is 4.70. The maximum Gasteiger partial charge on any atom is 0.331 e. The summed E-state index contributed by atoms with van der Waals surface area (Å²) in [5.74, 6) is 3.96. The number of ketones is 1. The van der Waals surface area contributed by atoms with E-state index in [0.29, 0.717) is 35.1 Å². The van der Waals surface area contributed by atoms with E-state index in [1.807, 2.05) is 0 Å². The summed E-state index contributed by atoms with van der Waals surface area (Å²) < 4.78 is 5.24. The molecule has 7 atom stereocenters. The zero-order chi connectivity index (χ0) is 18.1. The summed E-state index contributed by atoms with van der Waals surface area (Å²) in [6.07, 6.45) is 12.3. The molecule has 5 rings (SSSR count).